The highest BCUT2D eigenvalue weighted by atomic mass is 16.5. The molecule has 6 nitrogen and oxygen atoms in total. The standard InChI is InChI=1S/C25H29N3O3/c1-16-8-4-6-10-20(16)28-25(29)19-15-24(26-21-11-7-5-9-18(19)21)27-22-13-12-17(30-2)14-23(22)31-3/h5,7,9,11-16,20H,4,6,8,10H2,1-3H3,(H,26,27)(H,28,29)/t16-,20+/m0/s1. The summed E-state index contributed by atoms with van der Waals surface area (Å²) in [5, 5.41) is 7.42. The van der Waals surface area contributed by atoms with Crippen molar-refractivity contribution >= 4 is 28.3 Å². The first-order valence-electron chi connectivity index (χ1n) is 10.8. The molecule has 2 N–H and O–H groups in total. The van der Waals surface area contributed by atoms with Gasteiger partial charge in [-0.3, -0.25) is 4.79 Å². The van der Waals surface area contributed by atoms with Gasteiger partial charge >= 0.3 is 0 Å². The van der Waals surface area contributed by atoms with Crippen LogP contribution in [-0.2, 0) is 0 Å². The Morgan fingerprint density at radius 3 is 2.61 bits per heavy atom. The van der Waals surface area contributed by atoms with Gasteiger partial charge in [-0.2, -0.15) is 0 Å². The maximum Gasteiger partial charge on any atom is 0.252 e. The normalized spacial score (nSPS) is 18.4. The number of para-hydroxylation sites is 1. The molecule has 6 heteroatoms. The molecule has 1 aliphatic rings. The SMILES string of the molecule is COc1ccc(Nc2cc(C(=O)N[C@@H]3CCCC[C@@H]3C)c3ccccc3n2)c(OC)c1. The summed E-state index contributed by atoms with van der Waals surface area (Å²) in [6, 6.07) is 15.3. The third-order valence-corrected chi connectivity index (χ3v) is 6.06. The van der Waals surface area contributed by atoms with E-state index < -0.39 is 0 Å². The maximum absolute atomic E-state index is 13.3. The van der Waals surface area contributed by atoms with Crippen LogP contribution in [0.2, 0.25) is 0 Å². The zero-order chi connectivity index (χ0) is 21.8. The number of carbonyl (C=O) groups is 1. The summed E-state index contributed by atoms with van der Waals surface area (Å²) in [6.45, 7) is 2.22. The van der Waals surface area contributed by atoms with Gasteiger partial charge in [0, 0.05) is 17.5 Å². The van der Waals surface area contributed by atoms with Crippen LogP contribution in [0.3, 0.4) is 0 Å². The van der Waals surface area contributed by atoms with Crippen LogP contribution in [0.15, 0.2) is 48.5 Å². The average molecular weight is 420 g/mol. The number of fused-ring (bicyclic) bond motifs is 1. The molecule has 0 saturated heterocycles. The van der Waals surface area contributed by atoms with E-state index in [1.165, 1.54) is 6.42 Å². The van der Waals surface area contributed by atoms with Gasteiger partial charge < -0.3 is 20.1 Å². The lowest BCUT2D eigenvalue weighted by atomic mass is 9.86. The van der Waals surface area contributed by atoms with Crippen molar-refractivity contribution in [3.63, 3.8) is 0 Å². The lowest BCUT2D eigenvalue weighted by Gasteiger charge is -2.29. The van der Waals surface area contributed by atoms with Gasteiger partial charge in [0.05, 0.1) is 31.0 Å². The van der Waals surface area contributed by atoms with E-state index >= 15 is 0 Å². The minimum absolute atomic E-state index is 0.0536. The highest BCUT2D eigenvalue weighted by Gasteiger charge is 2.24. The number of hydrogen-bond donors (Lipinski definition) is 2. The van der Waals surface area contributed by atoms with E-state index in [0.717, 1.165) is 35.9 Å². The van der Waals surface area contributed by atoms with E-state index in [9.17, 15) is 4.79 Å². The molecule has 2 atom stereocenters. The van der Waals surface area contributed by atoms with E-state index in [0.29, 0.717) is 28.8 Å². The molecule has 0 radical (unpaired) electrons. The molecule has 162 valence electrons. The van der Waals surface area contributed by atoms with Crippen molar-refractivity contribution < 1.29 is 14.3 Å². The first kappa shape index (κ1) is 21.0. The summed E-state index contributed by atoms with van der Waals surface area (Å²) >= 11 is 0. The Bertz CT molecular complexity index is 1080. The number of aromatic nitrogens is 1. The van der Waals surface area contributed by atoms with Crippen LogP contribution in [0.5, 0.6) is 11.5 Å². The first-order chi connectivity index (χ1) is 15.1. The number of nitrogens with zero attached hydrogens (tertiary/aromatic N) is 1. The number of nitrogens with one attached hydrogen (secondary N) is 2. The lowest BCUT2D eigenvalue weighted by Crippen LogP contribution is -2.41. The maximum atomic E-state index is 13.3. The second-order valence-electron chi connectivity index (χ2n) is 8.11. The second kappa shape index (κ2) is 9.25. The molecule has 0 unspecified atom stereocenters. The van der Waals surface area contributed by atoms with Crippen LogP contribution in [0.4, 0.5) is 11.5 Å². The van der Waals surface area contributed by atoms with Crippen LogP contribution in [0, 0.1) is 5.92 Å². The summed E-state index contributed by atoms with van der Waals surface area (Å²) in [7, 11) is 3.23. The van der Waals surface area contributed by atoms with Gasteiger partial charge in [0.2, 0.25) is 0 Å². The monoisotopic (exact) mass is 419 g/mol. The molecular formula is C25H29N3O3. The smallest absolute Gasteiger partial charge is 0.252 e. The Morgan fingerprint density at radius 2 is 1.84 bits per heavy atom. The molecule has 0 spiro atoms. The number of anilines is 2. The zero-order valence-electron chi connectivity index (χ0n) is 18.3. The summed E-state index contributed by atoms with van der Waals surface area (Å²) in [6.07, 6.45) is 4.59. The molecule has 1 saturated carbocycles. The molecule has 1 aliphatic carbocycles. The Balaban J connectivity index is 1.67. The minimum atomic E-state index is -0.0536. The summed E-state index contributed by atoms with van der Waals surface area (Å²) in [4.78, 5) is 18.0. The van der Waals surface area contributed by atoms with Crippen molar-refractivity contribution in [3.05, 3.63) is 54.1 Å². The number of methoxy groups -OCH3 is 2. The van der Waals surface area contributed by atoms with Crippen LogP contribution in [0.1, 0.15) is 43.0 Å². The van der Waals surface area contributed by atoms with E-state index in [1.54, 1.807) is 14.2 Å². The van der Waals surface area contributed by atoms with Crippen LogP contribution < -0.4 is 20.1 Å². The molecule has 1 amide bonds. The van der Waals surface area contributed by atoms with Crippen LogP contribution >= 0.6 is 0 Å². The predicted molar refractivity (Wildman–Crippen MR) is 123 cm³/mol. The third kappa shape index (κ3) is 4.58. The Labute approximate surface area is 183 Å². The van der Waals surface area contributed by atoms with Crippen LogP contribution in [-0.4, -0.2) is 31.2 Å². The fourth-order valence-electron chi connectivity index (χ4n) is 4.24. The number of benzene rings is 2. The van der Waals surface area contributed by atoms with E-state index in [1.807, 2.05) is 48.5 Å². The van der Waals surface area contributed by atoms with Gasteiger partial charge in [0.15, 0.2) is 0 Å². The summed E-state index contributed by atoms with van der Waals surface area (Å²) in [5.41, 5.74) is 2.14. The molecule has 1 fully saturated rings. The van der Waals surface area contributed by atoms with Crippen molar-refractivity contribution in [3.8, 4) is 11.5 Å². The molecule has 3 aromatic rings. The summed E-state index contributed by atoms with van der Waals surface area (Å²) < 4.78 is 10.8. The molecule has 1 heterocycles. The van der Waals surface area contributed by atoms with Gasteiger partial charge in [0.1, 0.15) is 17.3 Å². The second-order valence-corrected chi connectivity index (χ2v) is 8.11. The van der Waals surface area contributed by atoms with Gasteiger partial charge in [-0.1, -0.05) is 38.0 Å². The summed E-state index contributed by atoms with van der Waals surface area (Å²) in [5.74, 6) is 2.37. The van der Waals surface area contributed by atoms with E-state index in [-0.39, 0.29) is 11.9 Å². The molecule has 4 rings (SSSR count). The largest absolute Gasteiger partial charge is 0.497 e. The van der Waals surface area contributed by atoms with Gasteiger partial charge in [0.25, 0.3) is 5.91 Å². The predicted octanol–water partition coefficient (Wildman–Crippen LogP) is 5.30. The number of ether oxygens (including phenoxy) is 2. The number of rotatable bonds is 6. The number of carbonyl (C=O) groups excluding carboxylic acids is 1. The average Bonchev–Trinajstić information content (AvgIpc) is 2.80. The third-order valence-electron chi connectivity index (χ3n) is 6.06. The van der Waals surface area contributed by atoms with Crippen molar-refractivity contribution in [1.82, 2.24) is 10.3 Å². The van der Waals surface area contributed by atoms with Crippen molar-refractivity contribution in [1.29, 1.82) is 0 Å². The zero-order valence-corrected chi connectivity index (χ0v) is 18.3. The highest BCUT2D eigenvalue weighted by molar-refractivity contribution is 6.07. The van der Waals surface area contributed by atoms with Crippen molar-refractivity contribution in [2.75, 3.05) is 19.5 Å². The van der Waals surface area contributed by atoms with E-state index in [2.05, 4.69) is 17.6 Å². The Morgan fingerprint density at radius 1 is 1.03 bits per heavy atom. The van der Waals surface area contributed by atoms with Gasteiger partial charge in [-0.05, 0) is 43.0 Å². The molecule has 1 aromatic heterocycles. The Hall–Kier alpha value is -3.28. The molecule has 31 heavy (non-hydrogen) atoms. The van der Waals surface area contributed by atoms with Gasteiger partial charge in [-0.25, -0.2) is 4.98 Å². The molecule has 2 aromatic carbocycles. The fourth-order valence-corrected chi connectivity index (χ4v) is 4.24. The molecule has 0 bridgehead atoms. The first-order valence-corrected chi connectivity index (χ1v) is 10.8. The minimum Gasteiger partial charge on any atom is -0.497 e. The van der Waals surface area contributed by atoms with Crippen LogP contribution in [0.25, 0.3) is 10.9 Å². The number of hydrogen-bond acceptors (Lipinski definition) is 5. The van der Waals surface area contributed by atoms with Gasteiger partial charge in [-0.15, -0.1) is 0 Å². The highest BCUT2D eigenvalue weighted by Crippen LogP contribution is 2.32. The quantitative estimate of drug-likeness (QED) is 0.567. The lowest BCUT2D eigenvalue weighted by molar-refractivity contribution is 0.0912. The van der Waals surface area contributed by atoms with Crippen molar-refractivity contribution in [2.45, 2.75) is 38.6 Å². The van der Waals surface area contributed by atoms with E-state index in [4.69, 9.17) is 14.5 Å². The number of pyridine rings is 1. The number of amides is 1. The topological polar surface area (TPSA) is 72.5 Å². The fraction of sp³-hybridized carbons (Fsp3) is 0.360. The molecule has 0 aliphatic heterocycles. The molecular weight excluding hydrogens is 390 g/mol. The Kier molecular flexibility index (Phi) is 6.26. The van der Waals surface area contributed by atoms with Crippen molar-refractivity contribution in [2.24, 2.45) is 5.92 Å².